The zero-order chi connectivity index (χ0) is 17.2. The standard InChI is InChI=1S/C20H20N2O3/c23-19(21-16-11-14-5-2-4-8-18(14)25-13-16)9-10-22-12-15-6-1-3-7-17(15)20(22)24/h1-8,16H,9-13H2,(H,21,23). The molecular weight excluding hydrogens is 316 g/mol. The minimum atomic E-state index is -0.0447. The molecule has 2 amide bonds. The smallest absolute Gasteiger partial charge is 0.254 e. The highest BCUT2D eigenvalue weighted by Gasteiger charge is 2.27. The normalized spacial score (nSPS) is 18.3. The molecule has 5 heteroatoms. The highest BCUT2D eigenvalue weighted by atomic mass is 16.5. The zero-order valence-corrected chi connectivity index (χ0v) is 13.9. The molecule has 2 aromatic rings. The van der Waals surface area contributed by atoms with Crippen molar-refractivity contribution in [2.75, 3.05) is 13.2 Å². The Hall–Kier alpha value is -2.82. The number of fused-ring (bicyclic) bond motifs is 2. The average Bonchev–Trinajstić information content (AvgIpc) is 2.96. The maximum absolute atomic E-state index is 12.3. The lowest BCUT2D eigenvalue weighted by Gasteiger charge is -2.26. The van der Waals surface area contributed by atoms with Crippen LogP contribution in [0.5, 0.6) is 5.75 Å². The Labute approximate surface area is 146 Å². The fourth-order valence-corrected chi connectivity index (χ4v) is 3.45. The molecule has 1 N–H and O–H groups in total. The van der Waals surface area contributed by atoms with Gasteiger partial charge >= 0.3 is 0 Å². The number of hydrogen-bond donors (Lipinski definition) is 1. The van der Waals surface area contributed by atoms with Crippen molar-refractivity contribution in [2.24, 2.45) is 0 Å². The maximum Gasteiger partial charge on any atom is 0.254 e. The summed E-state index contributed by atoms with van der Waals surface area (Å²) in [5.41, 5.74) is 2.90. The van der Waals surface area contributed by atoms with E-state index >= 15 is 0 Å². The van der Waals surface area contributed by atoms with E-state index in [0.29, 0.717) is 26.1 Å². The SMILES string of the molecule is O=C(CCN1Cc2ccccc2C1=O)NC1COc2ccccc2C1. The summed E-state index contributed by atoms with van der Waals surface area (Å²) in [4.78, 5) is 26.3. The maximum atomic E-state index is 12.3. The Bertz CT molecular complexity index is 818. The van der Waals surface area contributed by atoms with Gasteiger partial charge in [-0.2, -0.15) is 0 Å². The van der Waals surface area contributed by atoms with E-state index in [1.165, 1.54) is 0 Å². The third-order valence-corrected chi connectivity index (χ3v) is 4.75. The number of amides is 2. The number of nitrogens with one attached hydrogen (secondary N) is 1. The highest BCUT2D eigenvalue weighted by molar-refractivity contribution is 5.98. The van der Waals surface area contributed by atoms with E-state index in [0.717, 1.165) is 28.9 Å². The molecule has 1 atom stereocenters. The van der Waals surface area contributed by atoms with Gasteiger partial charge < -0.3 is 15.0 Å². The minimum Gasteiger partial charge on any atom is -0.491 e. The second kappa shape index (κ2) is 6.59. The molecule has 0 aliphatic carbocycles. The van der Waals surface area contributed by atoms with Crippen molar-refractivity contribution in [3.63, 3.8) is 0 Å². The van der Waals surface area contributed by atoms with E-state index in [1.807, 2.05) is 48.5 Å². The number of para-hydroxylation sites is 1. The fraction of sp³-hybridized carbons (Fsp3) is 0.300. The van der Waals surface area contributed by atoms with Crippen molar-refractivity contribution in [3.8, 4) is 5.75 Å². The monoisotopic (exact) mass is 336 g/mol. The average molecular weight is 336 g/mol. The Morgan fingerprint density at radius 3 is 2.72 bits per heavy atom. The summed E-state index contributed by atoms with van der Waals surface area (Å²) in [6.45, 7) is 1.50. The lowest BCUT2D eigenvalue weighted by Crippen LogP contribution is -2.43. The van der Waals surface area contributed by atoms with Crippen molar-refractivity contribution < 1.29 is 14.3 Å². The molecule has 5 nitrogen and oxygen atoms in total. The first-order valence-electron chi connectivity index (χ1n) is 8.58. The van der Waals surface area contributed by atoms with Gasteiger partial charge in [-0.25, -0.2) is 0 Å². The van der Waals surface area contributed by atoms with Crippen LogP contribution < -0.4 is 10.1 Å². The summed E-state index contributed by atoms with van der Waals surface area (Å²) in [5, 5.41) is 3.02. The lowest BCUT2D eigenvalue weighted by atomic mass is 10.0. The van der Waals surface area contributed by atoms with Gasteiger partial charge in [-0.3, -0.25) is 9.59 Å². The van der Waals surface area contributed by atoms with Crippen LogP contribution in [0.4, 0.5) is 0 Å². The van der Waals surface area contributed by atoms with Gasteiger partial charge in [-0.05, 0) is 29.7 Å². The molecule has 2 aromatic carbocycles. The van der Waals surface area contributed by atoms with Crippen molar-refractivity contribution in [2.45, 2.75) is 25.4 Å². The molecule has 0 fully saturated rings. The van der Waals surface area contributed by atoms with E-state index in [-0.39, 0.29) is 17.9 Å². The van der Waals surface area contributed by atoms with Crippen LogP contribution in [0.25, 0.3) is 0 Å². The van der Waals surface area contributed by atoms with Crippen LogP contribution >= 0.6 is 0 Å². The second-order valence-electron chi connectivity index (χ2n) is 6.52. The lowest BCUT2D eigenvalue weighted by molar-refractivity contribution is -0.122. The zero-order valence-electron chi connectivity index (χ0n) is 13.9. The predicted octanol–water partition coefficient (Wildman–Crippen LogP) is 2.15. The summed E-state index contributed by atoms with van der Waals surface area (Å²) in [6, 6.07) is 15.5. The molecule has 1 unspecified atom stereocenters. The molecular formula is C20H20N2O3. The van der Waals surface area contributed by atoms with Crippen LogP contribution in [0.15, 0.2) is 48.5 Å². The van der Waals surface area contributed by atoms with Gasteiger partial charge in [0.1, 0.15) is 12.4 Å². The first-order valence-corrected chi connectivity index (χ1v) is 8.58. The van der Waals surface area contributed by atoms with Gasteiger partial charge in [0.05, 0.1) is 6.04 Å². The molecule has 25 heavy (non-hydrogen) atoms. The molecule has 4 rings (SSSR count). The van der Waals surface area contributed by atoms with Crippen molar-refractivity contribution in [1.29, 1.82) is 0 Å². The predicted molar refractivity (Wildman–Crippen MR) is 93.4 cm³/mol. The summed E-state index contributed by atoms with van der Waals surface area (Å²) in [5.74, 6) is 0.864. The summed E-state index contributed by atoms with van der Waals surface area (Å²) in [7, 11) is 0. The Balaban J connectivity index is 1.29. The topological polar surface area (TPSA) is 58.6 Å². The molecule has 0 bridgehead atoms. The summed E-state index contributed by atoms with van der Waals surface area (Å²) >= 11 is 0. The van der Waals surface area contributed by atoms with Gasteiger partial charge in [0.2, 0.25) is 5.91 Å². The van der Waals surface area contributed by atoms with Crippen LogP contribution in [0.2, 0.25) is 0 Å². The molecule has 0 saturated carbocycles. The molecule has 0 aromatic heterocycles. The van der Waals surface area contributed by atoms with Crippen molar-refractivity contribution in [3.05, 3.63) is 65.2 Å². The number of carbonyl (C=O) groups excluding carboxylic acids is 2. The number of rotatable bonds is 4. The highest BCUT2D eigenvalue weighted by Crippen LogP contribution is 2.24. The van der Waals surface area contributed by atoms with Gasteiger partial charge in [-0.15, -0.1) is 0 Å². The van der Waals surface area contributed by atoms with Crippen LogP contribution in [0.1, 0.15) is 27.9 Å². The number of carbonyl (C=O) groups is 2. The molecule has 0 spiro atoms. The van der Waals surface area contributed by atoms with Gasteiger partial charge in [-0.1, -0.05) is 36.4 Å². The van der Waals surface area contributed by atoms with Crippen LogP contribution in [0, 0.1) is 0 Å². The Morgan fingerprint density at radius 2 is 1.88 bits per heavy atom. The van der Waals surface area contributed by atoms with Gasteiger partial charge in [0.15, 0.2) is 0 Å². The first kappa shape index (κ1) is 15.7. The third kappa shape index (κ3) is 3.22. The first-order chi connectivity index (χ1) is 12.2. The molecule has 2 heterocycles. The number of ether oxygens (including phenoxy) is 1. The minimum absolute atomic E-state index is 0.0123. The molecule has 2 aliphatic heterocycles. The second-order valence-corrected chi connectivity index (χ2v) is 6.52. The number of hydrogen-bond acceptors (Lipinski definition) is 3. The van der Waals surface area contributed by atoms with E-state index in [2.05, 4.69) is 5.32 Å². The van der Waals surface area contributed by atoms with Gasteiger partial charge in [0, 0.05) is 25.1 Å². The Kier molecular flexibility index (Phi) is 4.14. The van der Waals surface area contributed by atoms with E-state index in [9.17, 15) is 9.59 Å². The summed E-state index contributed by atoms with van der Waals surface area (Å²) in [6.07, 6.45) is 1.08. The van der Waals surface area contributed by atoms with E-state index < -0.39 is 0 Å². The molecule has 0 radical (unpaired) electrons. The fourth-order valence-electron chi connectivity index (χ4n) is 3.45. The van der Waals surface area contributed by atoms with Crippen molar-refractivity contribution >= 4 is 11.8 Å². The Morgan fingerprint density at radius 1 is 1.12 bits per heavy atom. The summed E-state index contributed by atoms with van der Waals surface area (Å²) < 4.78 is 5.69. The number of benzene rings is 2. The largest absolute Gasteiger partial charge is 0.491 e. The quantitative estimate of drug-likeness (QED) is 0.931. The van der Waals surface area contributed by atoms with Crippen LogP contribution in [-0.2, 0) is 17.8 Å². The van der Waals surface area contributed by atoms with E-state index in [4.69, 9.17) is 4.74 Å². The molecule has 128 valence electrons. The molecule has 2 aliphatic rings. The van der Waals surface area contributed by atoms with Crippen LogP contribution in [0.3, 0.4) is 0 Å². The number of nitrogens with zero attached hydrogens (tertiary/aromatic N) is 1. The third-order valence-electron chi connectivity index (χ3n) is 4.75. The van der Waals surface area contributed by atoms with E-state index in [1.54, 1.807) is 4.90 Å². The van der Waals surface area contributed by atoms with Crippen molar-refractivity contribution in [1.82, 2.24) is 10.2 Å². The molecule has 0 saturated heterocycles. The van der Waals surface area contributed by atoms with Gasteiger partial charge in [0.25, 0.3) is 5.91 Å². The van der Waals surface area contributed by atoms with Crippen LogP contribution in [-0.4, -0.2) is 35.9 Å².